The van der Waals surface area contributed by atoms with Crippen molar-refractivity contribution in [1.29, 1.82) is 0 Å². The van der Waals surface area contributed by atoms with Crippen molar-refractivity contribution in [3.8, 4) is 11.5 Å². The van der Waals surface area contributed by atoms with Gasteiger partial charge in [0, 0.05) is 15.7 Å². The highest BCUT2D eigenvalue weighted by molar-refractivity contribution is 9.13. The summed E-state index contributed by atoms with van der Waals surface area (Å²) in [6, 6.07) is 7.18. The molecule has 11 heteroatoms. The molecule has 2 fully saturated rings. The first-order valence-electron chi connectivity index (χ1n) is 11.7. The minimum Gasteiger partial charge on any atom is -0.490 e. The molecule has 37 heavy (non-hydrogen) atoms. The van der Waals surface area contributed by atoms with E-state index >= 15 is 0 Å². The Morgan fingerprint density at radius 2 is 1.84 bits per heavy atom. The molecule has 1 saturated heterocycles. The molecule has 2 bridgehead atoms. The Hall–Kier alpha value is -3.05. The summed E-state index contributed by atoms with van der Waals surface area (Å²) in [5.74, 6) is -1.35. The lowest BCUT2D eigenvalue weighted by Gasteiger charge is -2.16. The first kappa shape index (κ1) is 25.6. The molecule has 0 spiro atoms. The highest BCUT2D eigenvalue weighted by atomic mass is 79.9. The van der Waals surface area contributed by atoms with Crippen LogP contribution < -0.4 is 14.8 Å². The van der Waals surface area contributed by atoms with E-state index in [1.165, 1.54) is 24.4 Å². The number of carbonyl (C=O) groups excluding carboxylic acids is 3. The molecule has 3 aliphatic rings. The van der Waals surface area contributed by atoms with Gasteiger partial charge in [-0.2, -0.15) is 10.1 Å². The van der Waals surface area contributed by atoms with Gasteiger partial charge in [0.2, 0.25) is 0 Å². The number of benzene rings is 2. The lowest BCUT2D eigenvalue weighted by molar-refractivity contribution is -0.140. The summed E-state index contributed by atoms with van der Waals surface area (Å²) in [6.07, 6.45) is 6.33. The van der Waals surface area contributed by atoms with Crippen molar-refractivity contribution in [2.45, 2.75) is 13.3 Å². The average molecular weight is 635 g/mol. The van der Waals surface area contributed by atoms with Gasteiger partial charge in [-0.15, -0.1) is 0 Å². The van der Waals surface area contributed by atoms with Crippen LogP contribution in [0.1, 0.15) is 18.9 Å². The molecule has 1 N–H and O–H groups in total. The minimum atomic E-state index is -0.484. The first-order chi connectivity index (χ1) is 17.8. The number of nitrogens with zero attached hydrogens (tertiary/aromatic N) is 2. The lowest BCUT2D eigenvalue weighted by Crippen LogP contribution is -2.28. The fraction of sp³-hybridized carbons (Fsp3) is 0.308. The summed E-state index contributed by atoms with van der Waals surface area (Å²) < 4.78 is 25.8. The van der Waals surface area contributed by atoms with Crippen LogP contribution in [0.3, 0.4) is 0 Å². The van der Waals surface area contributed by atoms with Crippen molar-refractivity contribution in [3.63, 3.8) is 0 Å². The fourth-order valence-electron chi connectivity index (χ4n) is 5.12. The Bertz CT molecular complexity index is 1320. The number of hydrazone groups is 1. The van der Waals surface area contributed by atoms with E-state index in [1.54, 1.807) is 19.1 Å². The van der Waals surface area contributed by atoms with Crippen molar-refractivity contribution >= 4 is 61.5 Å². The normalized spacial score (nSPS) is 23.7. The van der Waals surface area contributed by atoms with Crippen LogP contribution in [0, 0.1) is 29.5 Å². The molecule has 2 aromatic rings. The highest BCUT2D eigenvalue weighted by Crippen LogP contribution is 2.52. The van der Waals surface area contributed by atoms with E-state index in [-0.39, 0.29) is 47.8 Å². The molecular weight excluding hydrogens is 613 g/mol. The Balaban J connectivity index is 1.33. The molecule has 0 unspecified atom stereocenters. The molecule has 0 aromatic heterocycles. The van der Waals surface area contributed by atoms with Crippen LogP contribution in [0.4, 0.5) is 10.1 Å². The molecule has 5 rings (SSSR count). The number of fused-ring (bicyclic) bond motifs is 5. The standard InChI is InChI=1S/C26H22Br2FN3O5/c1-2-36-18-9-15(11-30-32-25(34)20-13-6-7-14(8-13)21(20)26(32)35)22(27)23(28)24(18)37-12-19(33)31-17-5-3-4-16(29)10-17/h3-7,9-11,13-14,20-21H,2,8,12H2,1H3,(H,31,33)/t13-,14-,20-,21+/m0/s1. The SMILES string of the molecule is CCOc1cc(C=NN2C(=O)[C@@H]3[C@H](C2=O)[C@H]2C=C[C@H]3C2)c(Br)c(Br)c1OCC(=O)Nc1cccc(F)c1. The Kier molecular flexibility index (Phi) is 7.17. The van der Waals surface area contributed by atoms with Crippen molar-refractivity contribution < 1.29 is 28.2 Å². The molecule has 4 atom stereocenters. The van der Waals surface area contributed by atoms with Gasteiger partial charge in [0.15, 0.2) is 18.1 Å². The van der Waals surface area contributed by atoms with Crippen molar-refractivity contribution in [3.05, 3.63) is 62.8 Å². The largest absolute Gasteiger partial charge is 0.490 e. The van der Waals surface area contributed by atoms with Crippen LogP contribution in [0.15, 0.2) is 56.5 Å². The van der Waals surface area contributed by atoms with Crippen LogP contribution in [0.5, 0.6) is 11.5 Å². The maximum Gasteiger partial charge on any atom is 0.262 e. The molecule has 3 amide bonds. The van der Waals surface area contributed by atoms with E-state index in [2.05, 4.69) is 42.3 Å². The molecule has 0 radical (unpaired) electrons. The summed E-state index contributed by atoms with van der Waals surface area (Å²) in [6.45, 7) is 1.76. The number of rotatable bonds is 8. The van der Waals surface area contributed by atoms with Crippen molar-refractivity contribution in [2.75, 3.05) is 18.5 Å². The zero-order valence-corrected chi connectivity index (χ0v) is 22.8. The predicted molar refractivity (Wildman–Crippen MR) is 141 cm³/mol. The van der Waals surface area contributed by atoms with Gasteiger partial charge in [-0.05, 0) is 81.3 Å². The van der Waals surface area contributed by atoms with E-state index in [9.17, 15) is 18.8 Å². The van der Waals surface area contributed by atoms with Gasteiger partial charge in [0.25, 0.3) is 17.7 Å². The van der Waals surface area contributed by atoms with Crippen molar-refractivity contribution in [1.82, 2.24) is 5.01 Å². The van der Waals surface area contributed by atoms with Gasteiger partial charge in [-0.3, -0.25) is 14.4 Å². The summed E-state index contributed by atoms with van der Waals surface area (Å²) >= 11 is 6.96. The summed E-state index contributed by atoms with van der Waals surface area (Å²) in [5, 5.41) is 7.78. The van der Waals surface area contributed by atoms with E-state index in [4.69, 9.17) is 9.47 Å². The molecule has 1 aliphatic heterocycles. The third-order valence-electron chi connectivity index (χ3n) is 6.67. The van der Waals surface area contributed by atoms with E-state index in [0.29, 0.717) is 32.6 Å². The van der Waals surface area contributed by atoms with Gasteiger partial charge in [-0.1, -0.05) is 18.2 Å². The van der Waals surface area contributed by atoms with Crippen LogP contribution in [0.2, 0.25) is 0 Å². The monoisotopic (exact) mass is 633 g/mol. The Morgan fingerprint density at radius 3 is 2.49 bits per heavy atom. The number of hydrogen-bond acceptors (Lipinski definition) is 6. The van der Waals surface area contributed by atoms with E-state index in [0.717, 1.165) is 11.4 Å². The zero-order valence-electron chi connectivity index (χ0n) is 19.6. The number of amides is 3. The fourth-order valence-corrected chi connectivity index (χ4v) is 6.05. The second-order valence-corrected chi connectivity index (χ2v) is 10.5. The number of carbonyl (C=O) groups is 3. The van der Waals surface area contributed by atoms with Crippen LogP contribution in [-0.4, -0.2) is 42.2 Å². The summed E-state index contributed by atoms with van der Waals surface area (Å²) in [4.78, 5) is 38.2. The molecule has 1 saturated carbocycles. The number of anilines is 1. The quantitative estimate of drug-likeness (QED) is 0.253. The Morgan fingerprint density at radius 1 is 1.14 bits per heavy atom. The van der Waals surface area contributed by atoms with Gasteiger partial charge in [-0.25, -0.2) is 4.39 Å². The molecule has 2 aliphatic carbocycles. The van der Waals surface area contributed by atoms with E-state index in [1.807, 2.05) is 12.2 Å². The zero-order chi connectivity index (χ0) is 26.3. The second-order valence-electron chi connectivity index (χ2n) is 8.93. The Labute approximate surface area is 229 Å². The number of ether oxygens (including phenoxy) is 2. The first-order valence-corrected chi connectivity index (χ1v) is 13.3. The molecule has 8 nitrogen and oxygen atoms in total. The third kappa shape index (κ3) is 4.82. The number of nitrogens with one attached hydrogen (secondary N) is 1. The lowest BCUT2D eigenvalue weighted by atomic mass is 9.85. The number of hydrogen-bond donors (Lipinski definition) is 1. The average Bonchev–Trinajstić information content (AvgIpc) is 3.54. The van der Waals surface area contributed by atoms with Gasteiger partial charge >= 0.3 is 0 Å². The maximum atomic E-state index is 13.4. The van der Waals surface area contributed by atoms with Crippen LogP contribution in [0.25, 0.3) is 0 Å². The predicted octanol–water partition coefficient (Wildman–Crippen LogP) is 4.91. The van der Waals surface area contributed by atoms with Gasteiger partial charge in [0.05, 0.1) is 29.1 Å². The minimum absolute atomic E-state index is 0.103. The summed E-state index contributed by atoms with van der Waals surface area (Å²) in [5.41, 5.74) is 0.843. The smallest absolute Gasteiger partial charge is 0.262 e. The molecule has 192 valence electrons. The number of allylic oxidation sites excluding steroid dienone is 2. The second kappa shape index (κ2) is 10.4. The number of halogens is 3. The highest BCUT2D eigenvalue weighted by Gasteiger charge is 2.59. The van der Waals surface area contributed by atoms with Gasteiger partial charge < -0.3 is 14.8 Å². The topological polar surface area (TPSA) is 97.3 Å². The van der Waals surface area contributed by atoms with Crippen molar-refractivity contribution in [2.24, 2.45) is 28.8 Å². The number of imide groups is 1. The molecule has 2 aromatic carbocycles. The third-order valence-corrected chi connectivity index (χ3v) is 8.81. The molecule has 1 heterocycles. The van der Waals surface area contributed by atoms with Crippen LogP contribution >= 0.6 is 31.9 Å². The van der Waals surface area contributed by atoms with Gasteiger partial charge in [0.1, 0.15) is 5.82 Å². The maximum absolute atomic E-state index is 13.4. The summed E-state index contributed by atoms with van der Waals surface area (Å²) in [7, 11) is 0. The van der Waals surface area contributed by atoms with Crippen LogP contribution in [-0.2, 0) is 14.4 Å². The molecular formula is C26H22Br2FN3O5. The van der Waals surface area contributed by atoms with E-state index < -0.39 is 11.7 Å².